The lowest BCUT2D eigenvalue weighted by Gasteiger charge is -2.33. The van der Waals surface area contributed by atoms with Gasteiger partial charge >= 0.3 is 0 Å². The van der Waals surface area contributed by atoms with Crippen LogP contribution in [-0.4, -0.2) is 43.2 Å². The molecule has 1 N–H and O–H groups in total. The smallest absolute Gasteiger partial charge is 0.229 e. The van der Waals surface area contributed by atoms with Crippen LogP contribution in [0.25, 0.3) is 11.3 Å². The normalized spacial score (nSPS) is 15.9. The highest BCUT2D eigenvalue weighted by Crippen LogP contribution is 2.27. The van der Waals surface area contributed by atoms with Gasteiger partial charge in [0.1, 0.15) is 23.6 Å². The van der Waals surface area contributed by atoms with Crippen molar-refractivity contribution < 1.29 is 14.3 Å². The fourth-order valence-corrected chi connectivity index (χ4v) is 3.76. The summed E-state index contributed by atoms with van der Waals surface area (Å²) >= 11 is 0. The molecule has 1 atom stereocenters. The molecule has 1 aliphatic heterocycles. The molecular weight excluding hydrogens is 392 g/mol. The van der Waals surface area contributed by atoms with E-state index >= 15 is 0 Å². The Bertz CT molecular complexity index is 1020. The maximum atomic E-state index is 12.8. The molecule has 1 unspecified atom stereocenters. The molecule has 0 aliphatic carbocycles. The van der Waals surface area contributed by atoms with Gasteiger partial charge < -0.3 is 19.7 Å². The number of rotatable bonds is 6. The Hall–Kier alpha value is -3.61. The summed E-state index contributed by atoms with van der Waals surface area (Å²) in [7, 11) is 3.27. The molecule has 4 rings (SSSR count). The van der Waals surface area contributed by atoms with Gasteiger partial charge in [-0.15, -0.1) is 0 Å². The average Bonchev–Trinajstić information content (AvgIpc) is 2.84. The number of nitrogens with one attached hydrogen (secondary N) is 1. The summed E-state index contributed by atoms with van der Waals surface area (Å²) in [6.45, 7) is 1.49. The monoisotopic (exact) mass is 418 g/mol. The third-order valence-electron chi connectivity index (χ3n) is 5.51. The Morgan fingerprint density at radius 1 is 1.00 bits per heavy atom. The Morgan fingerprint density at radius 2 is 1.68 bits per heavy atom. The molecule has 7 heteroatoms. The molecule has 1 aromatic heterocycles. The largest absolute Gasteiger partial charge is 0.497 e. The number of hydrogen-bond donors (Lipinski definition) is 1. The number of amides is 1. The van der Waals surface area contributed by atoms with Crippen molar-refractivity contribution in [3.05, 3.63) is 60.9 Å². The third kappa shape index (κ3) is 4.94. The second kappa shape index (κ2) is 9.47. The van der Waals surface area contributed by atoms with Gasteiger partial charge in [0.25, 0.3) is 0 Å². The van der Waals surface area contributed by atoms with E-state index in [1.807, 2.05) is 54.6 Å². The molecule has 0 radical (unpaired) electrons. The fourth-order valence-electron chi connectivity index (χ4n) is 3.76. The molecular formula is C24H26N4O3. The van der Waals surface area contributed by atoms with Crippen molar-refractivity contribution in [1.29, 1.82) is 0 Å². The van der Waals surface area contributed by atoms with Gasteiger partial charge in [-0.2, -0.15) is 0 Å². The van der Waals surface area contributed by atoms with Crippen molar-refractivity contribution in [2.75, 3.05) is 37.5 Å². The van der Waals surface area contributed by atoms with Gasteiger partial charge in [0.15, 0.2) is 0 Å². The predicted molar refractivity (Wildman–Crippen MR) is 121 cm³/mol. The summed E-state index contributed by atoms with van der Waals surface area (Å²) in [6.07, 6.45) is 3.37. The molecule has 1 aliphatic rings. The zero-order valence-electron chi connectivity index (χ0n) is 17.7. The van der Waals surface area contributed by atoms with Crippen molar-refractivity contribution in [1.82, 2.24) is 9.97 Å². The van der Waals surface area contributed by atoms with Crippen LogP contribution in [0.1, 0.15) is 12.8 Å². The molecule has 1 amide bonds. The van der Waals surface area contributed by atoms with E-state index in [1.54, 1.807) is 20.5 Å². The van der Waals surface area contributed by atoms with Crippen LogP contribution in [0.15, 0.2) is 60.9 Å². The summed E-state index contributed by atoms with van der Waals surface area (Å²) in [5.41, 5.74) is 2.61. The Balaban J connectivity index is 1.44. The zero-order chi connectivity index (χ0) is 21.6. The summed E-state index contributed by atoms with van der Waals surface area (Å²) in [4.78, 5) is 23.9. The third-order valence-corrected chi connectivity index (χ3v) is 5.51. The minimum absolute atomic E-state index is 0.0271. The van der Waals surface area contributed by atoms with E-state index in [4.69, 9.17) is 9.47 Å². The van der Waals surface area contributed by atoms with E-state index in [9.17, 15) is 4.79 Å². The van der Waals surface area contributed by atoms with E-state index in [0.29, 0.717) is 6.54 Å². The van der Waals surface area contributed by atoms with Crippen molar-refractivity contribution in [3.8, 4) is 22.8 Å². The van der Waals surface area contributed by atoms with Gasteiger partial charge in [0.2, 0.25) is 5.91 Å². The highest BCUT2D eigenvalue weighted by atomic mass is 16.5. The maximum Gasteiger partial charge on any atom is 0.229 e. The van der Waals surface area contributed by atoms with Crippen LogP contribution in [0.3, 0.4) is 0 Å². The standard InChI is InChI=1S/C24H26N4O3/c1-30-20-9-5-17(6-10-20)22-14-23(26-16-25-22)28-13-3-4-18(15-28)24(29)27-19-7-11-21(31-2)12-8-19/h5-12,14,16,18H,3-4,13,15H2,1-2H3,(H,27,29). The summed E-state index contributed by atoms with van der Waals surface area (Å²) in [5, 5.41) is 3.02. The maximum absolute atomic E-state index is 12.8. The van der Waals surface area contributed by atoms with Crippen molar-refractivity contribution >= 4 is 17.4 Å². The minimum Gasteiger partial charge on any atom is -0.497 e. The number of nitrogens with zero attached hydrogens (tertiary/aromatic N) is 3. The molecule has 7 nitrogen and oxygen atoms in total. The molecule has 31 heavy (non-hydrogen) atoms. The lowest BCUT2D eigenvalue weighted by Crippen LogP contribution is -2.41. The van der Waals surface area contributed by atoms with Crippen LogP contribution in [0.5, 0.6) is 11.5 Å². The quantitative estimate of drug-likeness (QED) is 0.652. The molecule has 1 saturated heterocycles. The lowest BCUT2D eigenvalue weighted by molar-refractivity contribution is -0.120. The number of benzene rings is 2. The topological polar surface area (TPSA) is 76.6 Å². The second-order valence-electron chi connectivity index (χ2n) is 7.49. The molecule has 0 spiro atoms. The number of piperidine rings is 1. The van der Waals surface area contributed by atoms with Crippen LogP contribution >= 0.6 is 0 Å². The highest BCUT2D eigenvalue weighted by molar-refractivity contribution is 5.93. The summed E-state index contributed by atoms with van der Waals surface area (Å²) in [5.74, 6) is 2.33. The van der Waals surface area contributed by atoms with E-state index in [0.717, 1.165) is 53.6 Å². The molecule has 0 saturated carbocycles. The van der Waals surface area contributed by atoms with Crippen LogP contribution in [0.2, 0.25) is 0 Å². The average molecular weight is 418 g/mol. The van der Waals surface area contributed by atoms with E-state index in [1.165, 1.54) is 0 Å². The van der Waals surface area contributed by atoms with Crippen LogP contribution in [0, 0.1) is 5.92 Å². The lowest BCUT2D eigenvalue weighted by atomic mass is 9.97. The molecule has 2 heterocycles. The SMILES string of the molecule is COc1ccc(NC(=O)C2CCCN(c3cc(-c4ccc(OC)cc4)ncn3)C2)cc1. The van der Waals surface area contributed by atoms with Crippen LogP contribution in [-0.2, 0) is 4.79 Å². The molecule has 0 bridgehead atoms. The zero-order valence-corrected chi connectivity index (χ0v) is 17.7. The number of ether oxygens (including phenoxy) is 2. The summed E-state index contributed by atoms with van der Waals surface area (Å²) < 4.78 is 10.4. The predicted octanol–water partition coefficient (Wildman–Crippen LogP) is 4.02. The second-order valence-corrected chi connectivity index (χ2v) is 7.49. The number of methoxy groups -OCH3 is 2. The van der Waals surface area contributed by atoms with Gasteiger partial charge in [-0.1, -0.05) is 0 Å². The Kier molecular flexibility index (Phi) is 6.31. The van der Waals surface area contributed by atoms with Crippen molar-refractivity contribution in [2.24, 2.45) is 5.92 Å². The molecule has 3 aromatic rings. The van der Waals surface area contributed by atoms with Crippen LogP contribution < -0.4 is 19.7 Å². The number of carbonyl (C=O) groups excluding carboxylic acids is 1. The first-order valence-electron chi connectivity index (χ1n) is 10.3. The Morgan fingerprint density at radius 3 is 2.35 bits per heavy atom. The first-order valence-corrected chi connectivity index (χ1v) is 10.3. The molecule has 2 aromatic carbocycles. The van der Waals surface area contributed by atoms with E-state index in [-0.39, 0.29) is 11.8 Å². The summed E-state index contributed by atoms with van der Waals surface area (Å²) in [6, 6.07) is 17.1. The van der Waals surface area contributed by atoms with Crippen molar-refractivity contribution in [2.45, 2.75) is 12.8 Å². The van der Waals surface area contributed by atoms with Crippen LogP contribution in [0.4, 0.5) is 11.5 Å². The van der Waals surface area contributed by atoms with Gasteiger partial charge in [0, 0.05) is 30.4 Å². The molecule has 1 fully saturated rings. The van der Waals surface area contributed by atoms with Gasteiger partial charge in [-0.05, 0) is 61.4 Å². The first kappa shape index (κ1) is 20.7. The van der Waals surface area contributed by atoms with Gasteiger partial charge in [-0.25, -0.2) is 9.97 Å². The number of hydrogen-bond acceptors (Lipinski definition) is 6. The number of anilines is 2. The first-order chi connectivity index (χ1) is 15.2. The van der Waals surface area contributed by atoms with E-state index in [2.05, 4.69) is 20.2 Å². The number of aromatic nitrogens is 2. The Labute approximate surface area is 182 Å². The van der Waals surface area contributed by atoms with Gasteiger partial charge in [-0.3, -0.25) is 4.79 Å². The minimum atomic E-state index is -0.102. The fraction of sp³-hybridized carbons (Fsp3) is 0.292. The van der Waals surface area contributed by atoms with Crippen molar-refractivity contribution in [3.63, 3.8) is 0 Å². The molecule has 160 valence electrons. The van der Waals surface area contributed by atoms with Gasteiger partial charge in [0.05, 0.1) is 25.8 Å². The van der Waals surface area contributed by atoms with E-state index < -0.39 is 0 Å². The number of carbonyl (C=O) groups is 1. The highest BCUT2D eigenvalue weighted by Gasteiger charge is 2.27.